The molecule has 1 aliphatic rings. The predicted molar refractivity (Wildman–Crippen MR) is 92.4 cm³/mol. The zero-order chi connectivity index (χ0) is 18.8. The Balaban J connectivity index is 3.14. The molecule has 146 valence electrons. The molecule has 3 nitrogen and oxygen atoms in total. The van der Waals surface area contributed by atoms with Crippen LogP contribution in [0, 0.1) is 0 Å². The van der Waals surface area contributed by atoms with Crippen molar-refractivity contribution in [3.63, 3.8) is 0 Å². The van der Waals surface area contributed by atoms with E-state index in [0.717, 1.165) is 38.5 Å². The molecule has 0 unspecified atom stereocenters. The first-order valence-corrected chi connectivity index (χ1v) is 17.0. The van der Waals surface area contributed by atoms with Crippen molar-refractivity contribution >= 4 is 14.7 Å². The fourth-order valence-electron chi connectivity index (χ4n) is 2.50. The van der Waals surface area contributed by atoms with Gasteiger partial charge in [0.1, 0.15) is 0 Å². The van der Waals surface area contributed by atoms with E-state index in [4.69, 9.17) is 8.44 Å². The molecule has 0 aromatic carbocycles. The Hall–Kier alpha value is 0.576. The first kappa shape index (κ1) is 23.6. The summed E-state index contributed by atoms with van der Waals surface area (Å²) in [6.45, 7) is 7.32. The summed E-state index contributed by atoms with van der Waals surface area (Å²) >= 11 is -10.9. The van der Waals surface area contributed by atoms with Crippen LogP contribution in [0.5, 0.6) is 0 Å². The average molecular weight is 504 g/mol. The van der Waals surface area contributed by atoms with Crippen molar-refractivity contribution in [2.75, 3.05) is 19.8 Å². The van der Waals surface area contributed by atoms with Crippen LogP contribution in [0.1, 0.15) is 65.7 Å². The van der Waals surface area contributed by atoms with Crippen LogP contribution in [-0.4, -0.2) is 34.5 Å². The molecule has 0 amide bonds. The molecule has 0 spiro atoms. The van der Waals surface area contributed by atoms with Gasteiger partial charge in [-0.1, -0.05) is 0 Å². The number of allylic oxidation sites excluding steroid dienone is 4. The maximum atomic E-state index is 13.7. The van der Waals surface area contributed by atoms with E-state index in [1.807, 2.05) is 20.8 Å². The second kappa shape index (κ2) is 12.1. The summed E-state index contributed by atoms with van der Waals surface area (Å²) in [5, 5.41) is 0. The average Bonchev–Trinajstić information content (AvgIpc) is 3.05. The molecule has 1 aliphatic carbocycles. The van der Waals surface area contributed by atoms with Crippen LogP contribution in [0.4, 0.5) is 10.5 Å². The second-order valence-corrected chi connectivity index (χ2v) is 15.7. The van der Waals surface area contributed by atoms with Gasteiger partial charge in [-0.15, -0.1) is 0 Å². The van der Waals surface area contributed by atoms with Crippen molar-refractivity contribution in [1.29, 1.82) is 0 Å². The Morgan fingerprint density at radius 1 is 0.880 bits per heavy atom. The van der Waals surface area contributed by atoms with Gasteiger partial charge in [0, 0.05) is 0 Å². The quantitative estimate of drug-likeness (QED) is 0.217. The molecular formula is C17H31F3GeO3Zr. The van der Waals surface area contributed by atoms with Crippen molar-refractivity contribution in [1.82, 2.24) is 0 Å². The van der Waals surface area contributed by atoms with Crippen LogP contribution in [0.2, 0.25) is 0 Å². The zero-order valence-corrected chi connectivity index (χ0v) is 20.1. The third-order valence-corrected chi connectivity index (χ3v) is 14.8. The molecule has 0 aromatic heterocycles. The van der Waals surface area contributed by atoms with Gasteiger partial charge in [-0.25, -0.2) is 0 Å². The molecule has 0 aliphatic heterocycles. The van der Waals surface area contributed by atoms with Crippen LogP contribution in [-0.2, 0) is 30.0 Å². The monoisotopic (exact) mass is 504 g/mol. The van der Waals surface area contributed by atoms with Gasteiger partial charge in [-0.2, -0.15) is 0 Å². The standard InChI is InChI=1S/C5H4F3Ge.3C4H9O.Zr/c6-9(7,8)5-3-1-2-4-5;3*1-2-3-4-5;/h1,3H,2H2;3*2-4H2,1H3;/q;3*-1;+3. The first-order valence-electron chi connectivity index (χ1n) is 9.30. The third-order valence-electron chi connectivity index (χ3n) is 3.98. The van der Waals surface area contributed by atoms with Crippen LogP contribution in [0.3, 0.4) is 0 Å². The number of unbranched alkanes of at least 4 members (excludes halogenated alkanes) is 3. The molecule has 0 aromatic rings. The maximum absolute atomic E-state index is 13.7. The van der Waals surface area contributed by atoms with E-state index in [1.165, 1.54) is 6.08 Å². The Morgan fingerprint density at radius 3 is 1.68 bits per heavy atom. The molecule has 0 saturated heterocycles. The molecule has 0 saturated carbocycles. The van der Waals surface area contributed by atoms with Crippen LogP contribution in [0.15, 0.2) is 19.8 Å². The molecular weight excluding hydrogens is 473 g/mol. The van der Waals surface area contributed by atoms with Crippen molar-refractivity contribution in [3.8, 4) is 0 Å². The Labute approximate surface area is 160 Å². The Kier molecular flexibility index (Phi) is 11.4. The molecule has 0 fully saturated rings. The van der Waals surface area contributed by atoms with E-state index in [1.54, 1.807) is 6.08 Å². The Bertz CT molecular complexity index is 426. The van der Waals surface area contributed by atoms with Gasteiger partial charge < -0.3 is 0 Å². The van der Waals surface area contributed by atoms with Crippen LogP contribution in [0.25, 0.3) is 0 Å². The van der Waals surface area contributed by atoms with E-state index >= 15 is 0 Å². The SMILES string of the molecule is CCCC[O][Zr]([O]CCCC)([O]CCCC)[C]1=[C]([Ge]([F])([F])[F])C=CC1. The van der Waals surface area contributed by atoms with Gasteiger partial charge in [-0.3, -0.25) is 0 Å². The molecule has 0 atom stereocenters. The molecule has 1 rings (SSSR count). The third kappa shape index (κ3) is 7.61. The van der Waals surface area contributed by atoms with E-state index < -0.39 is 40.7 Å². The van der Waals surface area contributed by atoms with Crippen LogP contribution >= 0.6 is 0 Å². The summed E-state index contributed by atoms with van der Waals surface area (Å²) in [5.74, 6) is 0. The summed E-state index contributed by atoms with van der Waals surface area (Å²) in [7, 11) is 0. The normalized spacial score (nSPS) is 15.4. The van der Waals surface area contributed by atoms with Crippen molar-refractivity contribution in [2.24, 2.45) is 0 Å². The predicted octanol–water partition coefficient (Wildman–Crippen LogP) is 5.94. The molecule has 0 heterocycles. The number of rotatable bonds is 14. The van der Waals surface area contributed by atoms with Gasteiger partial charge in [0.25, 0.3) is 0 Å². The summed E-state index contributed by atoms with van der Waals surface area (Å²) < 4.78 is 59.1. The second-order valence-electron chi connectivity index (χ2n) is 6.16. The molecule has 0 N–H and O–H groups in total. The van der Waals surface area contributed by atoms with E-state index in [9.17, 15) is 10.5 Å². The van der Waals surface area contributed by atoms with Crippen molar-refractivity contribution < 1.29 is 40.5 Å². The van der Waals surface area contributed by atoms with Crippen molar-refractivity contribution in [2.45, 2.75) is 65.7 Å². The van der Waals surface area contributed by atoms with Gasteiger partial charge in [0.2, 0.25) is 0 Å². The van der Waals surface area contributed by atoms with Crippen LogP contribution < -0.4 is 0 Å². The first-order chi connectivity index (χ1) is 11.9. The summed E-state index contributed by atoms with van der Waals surface area (Å²) in [6, 6.07) is 0. The number of hydrogen-bond acceptors (Lipinski definition) is 3. The molecule has 0 radical (unpaired) electrons. The minimum atomic E-state index is -6.47. The number of halogens is 3. The summed E-state index contributed by atoms with van der Waals surface area (Å²) in [6.07, 6.45) is 8.26. The van der Waals surface area contributed by atoms with E-state index in [-0.39, 0.29) is 6.42 Å². The minimum absolute atomic E-state index is 0.264. The molecule has 25 heavy (non-hydrogen) atoms. The van der Waals surface area contributed by atoms with Gasteiger partial charge in [0.15, 0.2) is 0 Å². The zero-order valence-electron chi connectivity index (χ0n) is 15.6. The Morgan fingerprint density at radius 2 is 1.32 bits per heavy atom. The van der Waals surface area contributed by atoms with Gasteiger partial charge >= 0.3 is 161 Å². The van der Waals surface area contributed by atoms with Crippen molar-refractivity contribution in [3.05, 3.63) is 19.8 Å². The summed E-state index contributed by atoms with van der Waals surface area (Å²) in [5.41, 5.74) is 0. The van der Waals surface area contributed by atoms with E-state index in [2.05, 4.69) is 0 Å². The molecule has 8 heteroatoms. The summed E-state index contributed by atoms with van der Waals surface area (Å²) in [4.78, 5) is 0. The molecule has 0 bridgehead atoms. The number of hydrogen-bond donors (Lipinski definition) is 0. The fourth-order valence-corrected chi connectivity index (χ4v) is 14.7. The fraction of sp³-hybridized carbons (Fsp3) is 0.765. The topological polar surface area (TPSA) is 27.7 Å². The van der Waals surface area contributed by atoms with Gasteiger partial charge in [0.05, 0.1) is 0 Å². The van der Waals surface area contributed by atoms with E-state index in [0.29, 0.717) is 23.1 Å². The van der Waals surface area contributed by atoms with Gasteiger partial charge in [-0.05, 0) is 0 Å².